The molecule has 4 aliphatic heterocycles. The number of hydrogen-bond donors (Lipinski definition) is 0. The topological polar surface area (TPSA) is 62.6 Å². The van der Waals surface area contributed by atoms with Crippen molar-refractivity contribution in [2.75, 3.05) is 52.5 Å². The molecule has 2 bridgehead atoms. The molecular formula is C35H45F2N5O3. The summed E-state index contributed by atoms with van der Waals surface area (Å²) in [4.78, 5) is 24.9. The number of hydrogen-bond acceptors (Lipinski definition) is 6. The summed E-state index contributed by atoms with van der Waals surface area (Å²) < 4.78 is 43.2. The van der Waals surface area contributed by atoms with E-state index in [0.717, 1.165) is 44.8 Å². The fraction of sp³-hybridized carbons (Fsp3) is 0.600. The molecule has 7 rings (SSSR count). The first-order valence-corrected chi connectivity index (χ1v) is 16.6. The number of benzene rings is 1. The molecule has 0 spiro atoms. The molecule has 1 amide bonds. The molecule has 242 valence electrons. The van der Waals surface area contributed by atoms with Crippen molar-refractivity contribution in [1.29, 1.82) is 0 Å². The minimum absolute atomic E-state index is 0.142. The molecule has 45 heavy (non-hydrogen) atoms. The van der Waals surface area contributed by atoms with E-state index in [2.05, 4.69) is 28.6 Å². The van der Waals surface area contributed by atoms with Crippen LogP contribution in [0.25, 0.3) is 16.6 Å². The van der Waals surface area contributed by atoms with Gasteiger partial charge >= 0.3 is 0 Å². The molecule has 0 unspecified atom stereocenters. The fourth-order valence-electron chi connectivity index (χ4n) is 8.06. The zero-order valence-electron chi connectivity index (χ0n) is 26.8. The number of amides is 1. The van der Waals surface area contributed by atoms with Crippen LogP contribution in [0, 0.1) is 24.6 Å². The number of fused-ring (bicyclic) bond motifs is 3. The van der Waals surface area contributed by atoms with Gasteiger partial charge < -0.3 is 18.8 Å². The number of aromatic nitrogens is 2. The molecule has 4 aliphatic rings. The largest absolute Gasteiger partial charge is 0.377 e. The minimum Gasteiger partial charge on any atom is -0.377 e. The Morgan fingerprint density at radius 3 is 2.64 bits per heavy atom. The predicted molar refractivity (Wildman–Crippen MR) is 168 cm³/mol. The standard InChI is InChI=1S/C35H45F2N5O3/c1-21(2)32(6-5-9-39-18-28-14-27(39)20-45-28)40-15-25(16-40)24-12-30(33-34(37)38-23(4)42(33)17-24)29-8-7-26(36)13-31(29)35(43)41-10-11-44-19-22(41)3/h7-8,12-13,17,21-22,25,27-28,32H,5-6,9-11,14-16,18-20H2,1-4H3/t22-,27-,28-,32-/m1/s1. The van der Waals surface area contributed by atoms with Gasteiger partial charge in [0.05, 0.1) is 37.5 Å². The van der Waals surface area contributed by atoms with Gasteiger partial charge in [0.2, 0.25) is 5.95 Å². The summed E-state index contributed by atoms with van der Waals surface area (Å²) >= 11 is 0. The van der Waals surface area contributed by atoms with Gasteiger partial charge in [-0.25, -0.2) is 9.37 Å². The Balaban J connectivity index is 1.14. The zero-order chi connectivity index (χ0) is 31.4. The number of likely N-dealkylation sites (tertiary alicyclic amines) is 2. The zero-order valence-corrected chi connectivity index (χ0v) is 26.8. The fourth-order valence-corrected chi connectivity index (χ4v) is 8.06. The Hall–Kier alpha value is -2.92. The maximum Gasteiger partial charge on any atom is 0.254 e. The van der Waals surface area contributed by atoms with Crippen LogP contribution in [0.1, 0.15) is 67.7 Å². The summed E-state index contributed by atoms with van der Waals surface area (Å²) in [6.07, 6.45) is 5.97. The van der Waals surface area contributed by atoms with E-state index in [1.807, 2.05) is 19.2 Å². The first-order chi connectivity index (χ1) is 21.7. The molecule has 4 saturated heterocycles. The second kappa shape index (κ2) is 12.4. The summed E-state index contributed by atoms with van der Waals surface area (Å²) in [5.41, 5.74) is 2.70. The van der Waals surface area contributed by atoms with Crippen molar-refractivity contribution in [3.8, 4) is 11.1 Å². The molecule has 2 aromatic heterocycles. The monoisotopic (exact) mass is 621 g/mol. The third-order valence-electron chi connectivity index (χ3n) is 10.6. The van der Waals surface area contributed by atoms with Crippen LogP contribution in [-0.2, 0) is 9.47 Å². The van der Waals surface area contributed by atoms with Crippen molar-refractivity contribution in [2.45, 2.75) is 77.1 Å². The van der Waals surface area contributed by atoms with E-state index in [9.17, 15) is 9.18 Å². The average Bonchev–Trinajstić information content (AvgIpc) is 3.70. The number of imidazole rings is 1. The van der Waals surface area contributed by atoms with E-state index in [0.29, 0.717) is 66.3 Å². The molecule has 6 heterocycles. The number of halogens is 2. The number of rotatable bonds is 9. The van der Waals surface area contributed by atoms with Gasteiger partial charge in [-0.2, -0.15) is 4.39 Å². The highest BCUT2D eigenvalue weighted by Crippen LogP contribution is 2.38. The number of pyridine rings is 1. The Morgan fingerprint density at radius 2 is 1.93 bits per heavy atom. The molecule has 0 aliphatic carbocycles. The normalized spacial score (nSPS) is 25.0. The van der Waals surface area contributed by atoms with Crippen molar-refractivity contribution in [2.24, 2.45) is 5.92 Å². The highest BCUT2D eigenvalue weighted by Gasteiger charge is 2.39. The Kier molecular flexibility index (Phi) is 8.43. The molecule has 8 nitrogen and oxygen atoms in total. The SMILES string of the molecule is Cc1nc(F)c2c(-c3ccc(F)cc3C(=O)N3CCOC[C@H]3C)cc(C3CN([C@H](CCCN4C[C@H]5C[C@@H]4CO5)C(C)C)C3)cn12. The number of carbonyl (C=O) groups is 1. The summed E-state index contributed by atoms with van der Waals surface area (Å²) in [5.74, 6) is -0.0130. The first kappa shape index (κ1) is 30.7. The van der Waals surface area contributed by atoms with E-state index < -0.39 is 11.8 Å². The van der Waals surface area contributed by atoms with Crippen molar-refractivity contribution in [3.63, 3.8) is 0 Å². The Bertz CT molecular complexity index is 1570. The maximum absolute atomic E-state index is 15.4. The Labute approximate surface area is 264 Å². The molecule has 1 aromatic carbocycles. The first-order valence-electron chi connectivity index (χ1n) is 16.6. The smallest absolute Gasteiger partial charge is 0.254 e. The second-order valence-electron chi connectivity index (χ2n) is 13.9. The lowest BCUT2D eigenvalue weighted by atomic mass is 9.85. The van der Waals surface area contributed by atoms with Gasteiger partial charge in [-0.05, 0) is 74.9 Å². The van der Waals surface area contributed by atoms with E-state index in [-0.39, 0.29) is 23.4 Å². The lowest BCUT2D eigenvalue weighted by Gasteiger charge is -2.46. The highest BCUT2D eigenvalue weighted by atomic mass is 19.1. The van der Waals surface area contributed by atoms with Crippen LogP contribution >= 0.6 is 0 Å². The summed E-state index contributed by atoms with van der Waals surface area (Å²) in [7, 11) is 0. The van der Waals surface area contributed by atoms with E-state index in [4.69, 9.17) is 9.47 Å². The van der Waals surface area contributed by atoms with Crippen LogP contribution in [0.15, 0.2) is 30.5 Å². The number of morpholine rings is 2. The van der Waals surface area contributed by atoms with Crippen molar-refractivity contribution in [3.05, 3.63) is 59.2 Å². The number of aryl methyl sites for hydroxylation is 1. The molecule has 0 N–H and O–H groups in total. The maximum atomic E-state index is 15.4. The van der Waals surface area contributed by atoms with Gasteiger partial charge in [0, 0.05) is 55.9 Å². The summed E-state index contributed by atoms with van der Waals surface area (Å²) in [6.45, 7) is 14.6. The van der Waals surface area contributed by atoms with Gasteiger partial charge in [-0.3, -0.25) is 14.6 Å². The number of ether oxygens (including phenoxy) is 2. The lowest BCUT2D eigenvalue weighted by molar-refractivity contribution is 0.00361. The quantitative estimate of drug-likeness (QED) is 0.331. The van der Waals surface area contributed by atoms with E-state index >= 15 is 4.39 Å². The molecule has 0 saturated carbocycles. The average molecular weight is 622 g/mol. The van der Waals surface area contributed by atoms with Crippen LogP contribution in [0.2, 0.25) is 0 Å². The van der Waals surface area contributed by atoms with Crippen LogP contribution in [0.5, 0.6) is 0 Å². The van der Waals surface area contributed by atoms with Gasteiger partial charge in [0.1, 0.15) is 17.2 Å². The van der Waals surface area contributed by atoms with Crippen LogP contribution in [0.3, 0.4) is 0 Å². The highest BCUT2D eigenvalue weighted by molar-refractivity contribution is 6.03. The third-order valence-corrected chi connectivity index (χ3v) is 10.6. The second-order valence-corrected chi connectivity index (χ2v) is 13.9. The van der Waals surface area contributed by atoms with Crippen molar-refractivity contribution < 1.29 is 23.0 Å². The van der Waals surface area contributed by atoms with Gasteiger partial charge in [0.25, 0.3) is 5.91 Å². The molecule has 10 heteroatoms. The molecule has 4 atom stereocenters. The summed E-state index contributed by atoms with van der Waals surface area (Å²) in [5, 5.41) is 0. The molecule has 4 fully saturated rings. The molecule has 0 radical (unpaired) electrons. The van der Waals surface area contributed by atoms with Crippen molar-refractivity contribution in [1.82, 2.24) is 24.1 Å². The van der Waals surface area contributed by atoms with E-state index in [1.165, 1.54) is 25.0 Å². The third kappa shape index (κ3) is 5.79. The predicted octanol–water partition coefficient (Wildman–Crippen LogP) is 5.13. The lowest BCUT2D eigenvalue weighted by Crippen LogP contribution is -2.52. The number of carbonyl (C=O) groups excluding carboxylic acids is 1. The molecular weight excluding hydrogens is 576 g/mol. The Morgan fingerprint density at radius 1 is 1.11 bits per heavy atom. The molecule has 3 aromatic rings. The van der Waals surface area contributed by atoms with Gasteiger partial charge in [0.15, 0.2) is 0 Å². The van der Waals surface area contributed by atoms with E-state index in [1.54, 1.807) is 22.3 Å². The summed E-state index contributed by atoms with van der Waals surface area (Å²) in [6, 6.07) is 7.20. The van der Waals surface area contributed by atoms with Gasteiger partial charge in [-0.1, -0.05) is 19.9 Å². The van der Waals surface area contributed by atoms with Crippen LogP contribution < -0.4 is 0 Å². The van der Waals surface area contributed by atoms with Crippen LogP contribution in [-0.4, -0.2) is 107 Å². The van der Waals surface area contributed by atoms with Gasteiger partial charge in [-0.15, -0.1) is 0 Å². The minimum atomic E-state index is -0.593. The van der Waals surface area contributed by atoms with Crippen LogP contribution in [0.4, 0.5) is 8.78 Å². The number of nitrogens with zero attached hydrogens (tertiary/aromatic N) is 5. The van der Waals surface area contributed by atoms with Crippen molar-refractivity contribution >= 4 is 11.4 Å².